The standard InChI is InChI=1S/C14H26N2O2/c1-11-6-4-5-7-15(11)10-14(17)16-8-12(2)18-13(3)9-16/h11-13H,4-10H2,1-3H3. The second kappa shape index (κ2) is 6.02. The van der Waals surface area contributed by atoms with Crippen LogP contribution in [0.3, 0.4) is 0 Å². The van der Waals surface area contributed by atoms with Crippen molar-refractivity contribution in [3.8, 4) is 0 Å². The zero-order chi connectivity index (χ0) is 13.1. The molecule has 2 aliphatic rings. The first kappa shape index (κ1) is 13.8. The Balaban J connectivity index is 1.86. The first-order valence-corrected chi connectivity index (χ1v) is 7.23. The molecular formula is C14H26N2O2. The SMILES string of the molecule is CC1CN(C(=O)CN2CCCCC2C)CC(C)O1. The lowest BCUT2D eigenvalue weighted by Crippen LogP contribution is -2.52. The molecule has 4 heteroatoms. The van der Waals surface area contributed by atoms with Crippen LogP contribution in [0.4, 0.5) is 0 Å². The fourth-order valence-electron chi connectivity index (χ4n) is 3.05. The molecule has 18 heavy (non-hydrogen) atoms. The Bertz CT molecular complexity index is 286. The Morgan fingerprint density at radius 2 is 1.83 bits per heavy atom. The van der Waals surface area contributed by atoms with Gasteiger partial charge in [0, 0.05) is 19.1 Å². The fourth-order valence-corrected chi connectivity index (χ4v) is 3.05. The van der Waals surface area contributed by atoms with E-state index in [9.17, 15) is 4.79 Å². The lowest BCUT2D eigenvalue weighted by Gasteiger charge is -2.38. The summed E-state index contributed by atoms with van der Waals surface area (Å²) in [6, 6.07) is 0.554. The van der Waals surface area contributed by atoms with Crippen LogP contribution in [-0.4, -0.2) is 60.1 Å². The number of hydrogen-bond donors (Lipinski definition) is 0. The molecule has 2 rings (SSSR count). The summed E-state index contributed by atoms with van der Waals surface area (Å²) < 4.78 is 5.67. The molecule has 0 bridgehead atoms. The zero-order valence-electron chi connectivity index (χ0n) is 11.9. The minimum Gasteiger partial charge on any atom is -0.372 e. The van der Waals surface area contributed by atoms with Crippen molar-refractivity contribution in [1.82, 2.24) is 9.80 Å². The van der Waals surface area contributed by atoms with Crippen LogP contribution in [-0.2, 0) is 9.53 Å². The van der Waals surface area contributed by atoms with Crippen LogP contribution in [0.15, 0.2) is 0 Å². The highest BCUT2D eigenvalue weighted by atomic mass is 16.5. The fraction of sp³-hybridized carbons (Fsp3) is 0.929. The highest BCUT2D eigenvalue weighted by Gasteiger charge is 2.28. The summed E-state index contributed by atoms with van der Waals surface area (Å²) in [6.07, 6.45) is 4.08. The molecule has 1 amide bonds. The van der Waals surface area contributed by atoms with E-state index in [2.05, 4.69) is 11.8 Å². The Hall–Kier alpha value is -0.610. The van der Waals surface area contributed by atoms with E-state index in [0.717, 1.165) is 19.6 Å². The largest absolute Gasteiger partial charge is 0.372 e. The van der Waals surface area contributed by atoms with Crippen molar-refractivity contribution in [2.45, 2.75) is 58.3 Å². The lowest BCUT2D eigenvalue weighted by atomic mass is 10.0. The number of nitrogens with zero attached hydrogens (tertiary/aromatic N) is 2. The molecule has 0 aliphatic carbocycles. The number of piperidine rings is 1. The van der Waals surface area contributed by atoms with E-state index in [0.29, 0.717) is 12.6 Å². The summed E-state index contributed by atoms with van der Waals surface area (Å²) in [7, 11) is 0. The summed E-state index contributed by atoms with van der Waals surface area (Å²) in [5, 5.41) is 0. The third-order valence-corrected chi connectivity index (χ3v) is 4.05. The maximum absolute atomic E-state index is 12.3. The van der Waals surface area contributed by atoms with Crippen LogP contribution in [0.1, 0.15) is 40.0 Å². The Kier molecular flexibility index (Phi) is 4.62. The van der Waals surface area contributed by atoms with E-state index in [-0.39, 0.29) is 18.1 Å². The van der Waals surface area contributed by atoms with Gasteiger partial charge in [-0.2, -0.15) is 0 Å². The molecule has 0 spiro atoms. The molecule has 2 fully saturated rings. The van der Waals surface area contributed by atoms with Crippen LogP contribution < -0.4 is 0 Å². The van der Waals surface area contributed by atoms with Gasteiger partial charge in [-0.3, -0.25) is 9.69 Å². The van der Waals surface area contributed by atoms with Crippen LogP contribution >= 0.6 is 0 Å². The van der Waals surface area contributed by atoms with Gasteiger partial charge in [0.15, 0.2) is 0 Å². The van der Waals surface area contributed by atoms with E-state index >= 15 is 0 Å². The molecule has 2 aliphatic heterocycles. The molecule has 3 atom stereocenters. The van der Waals surface area contributed by atoms with Crippen molar-refractivity contribution >= 4 is 5.91 Å². The summed E-state index contributed by atoms with van der Waals surface area (Å²) in [4.78, 5) is 16.6. The Morgan fingerprint density at radius 1 is 1.17 bits per heavy atom. The summed E-state index contributed by atoms with van der Waals surface area (Å²) in [6.45, 7) is 9.45. The van der Waals surface area contributed by atoms with Crippen LogP contribution in [0, 0.1) is 0 Å². The maximum atomic E-state index is 12.3. The number of rotatable bonds is 2. The molecule has 4 nitrogen and oxygen atoms in total. The number of likely N-dealkylation sites (tertiary alicyclic amines) is 1. The summed E-state index contributed by atoms with van der Waals surface area (Å²) in [5.74, 6) is 0.269. The first-order valence-electron chi connectivity index (χ1n) is 7.23. The van der Waals surface area contributed by atoms with E-state index in [4.69, 9.17) is 4.74 Å². The van der Waals surface area contributed by atoms with Crippen LogP contribution in [0.2, 0.25) is 0 Å². The van der Waals surface area contributed by atoms with Crippen molar-refractivity contribution in [1.29, 1.82) is 0 Å². The third kappa shape index (κ3) is 3.45. The second-order valence-corrected chi connectivity index (χ2v) is 5.87. The molecule has 2 heterocycles. The van der Waals surface area contributed by atoms with Crippen molar-refractivity contribution in [3.63, 3.8) is 0 Å². The minimum absolute atomic E-state index is 0.163. The number of carbonyl (C=O) groups is 1. The molecular weight excluding hydrogens is 228 g/mol. The molecule has 0 aromatic rings. The van der Waals surface area contributed by atoms with Gasteiger partial charge in [0.1, 0.15) is 0 Å². The summed E-state index contributed by atoms with van der Waals surface area (Å²) >= 11 is 0. The average Bonchev–Trinajstić information content (AvgIpc) is 2.31. The average molecular weight is 254 g/mol. The normalized spacial score (nSPS) is 34.6. The molecule has 3 unspecified atom stereocenters. The maximum Gasteiger partial charge on any atom is 0.236 e. The van der Waals surface area contributed by atoms with Crippen molar-refractivity contribution in [3.05, 3.63) is 0 Å². The minimum atomic E-state index is 0.163. The van der Waals surface area contributed by atoms with Gasteiger partial charge in [0.05, 0.1) is 18.8 Å². The number of carbonyl (C=O) groups excluding carboxylic acids is 1. The number of hydrogen-bond acceptors (Lipinski definition) is 3. The van der Waals surface area contributed by atoms with Crippen LogP contribution in [0.5, 0.6) is 0 Å². The van der Waals surface area contributed by atoms with Gasteiger partial charge >= 0.3 is 0 Å². The van der Waals surface area contributed by atoms with Gasteiger partial charge in [-0.15, -0.1) is 0 Å². The monoisotopic (exact) mass is 254 g/mol. The highest BCUT2D eigenvalue weighted by Crippen LogP contribution is 2.17. The van der Waals surface area contributed by atoms with Gasteiger partial charge in [0.25, 0.3) is 0 Å². The zero-order valence-corrected chi connectivity index (χ0v) is 11.9. The molecule has 0 aromatic carbocycles. The number of ether oxygens (including phenoxy) is 1. The van der Waals surface area contributed by atoms with Gasteiger partial charge in [-0.1, -0.05) is 6.42 Å². The quantitative estimate of drug-likeness (QED) is 0.748. The molecule has 0 radical (unpaired) electrons. The van der Waals surface area contributed by atoms with Crippen molar-refractivity contribution in [2.24, 2.45) is 0 Å². The van der Waals surface area contributed by atoms with Gasteiger partial charge in [0.2, 0.25) is 5.91 Å². The molecule has 2 saturated heterocycles. The van der Waals surface area contributed by atoms with Gasteiger partial charge in [-0.05, 0) is 40.2 Å². The molecule has 0 N–H and O–H groups in total. The lowest BCUT2D eigenvalue weighted by molar-refractivity contribution is -0.145. The first-order chi connectivity index (χ1) is 8.56. The van der Waals surface area contributed by atoms with Crippen LogP contribution in [0.25, 0.3) is 0 Å². The third-order valence-electron chi connectivity index (χ3n) is 4.05. The second-order valence-electron chi connectivity index (χ2n) is 5.87. The van der Waals surface area contributed by atoms with Crippen molar-refractivity contribution < 1.29 is 9.53 Å². The smallest absolute Gasteiger partial charge is 0.236 e. The number of amides is 1. The predicted octanol–water partition coefficient (Wildman–Crippen LogP) is 1.50. The topological polar surface area (TPSA) is 32.8 Å². The van der Waals surface area contributed by atoms with E-state index in [1.165, 1.54) is 19.3 Å². The van der Waals surface area contributed by atoms with Gasteiger partial charge in [-0.25, -0.2) is 0 Å². The van der Waals surface area contributed by atoms with E-state index < -0.39 is 0 Å². The number of morpholine rings is 1. The molecule has 0 aromatic heterocycles. The van der Waals surface area contributed by atoms with Crippen molar-refractivity contribution in [2.75, 3.05) is 26.2 Å². The molecule has 0 saturated carbocycles. The Labute approximate surface area is 110 Å². The molecule has 104 valence electrons. The van der Waals surface area contributed by atoms with E-state index in [1.54, 1.807) is 0 Å². The van der Waals surface area contributed by atoms with E-state index in [1.807, 2.05) is 18.7 Å². The predicted molar refractivity (Wildman–Crippen MR) is 71.5 cm³/mol. The van der Waals surface area contributed by atoms with Gasteiger partial charge < -0.3 is 9.64 Å². The highest BCUT2D eigenvalue weighted by molar-refractivity contribution is 5.78. The summed E-state index contributed by atoms with van der Waals surface area (Å²) in [5.41, 5.74) is 0. The Morgan fingerprint density at radius 3 is 2.44 bits per heavy atom.